The molecule has 4 nitrogen and oxygen atoms in total. The van der Waals surface area contributed by atoms with E-state index in [1.165, 1.54) is 0 Å². The van der Waals surface area contributed by atoms with Crippen molar-refractivity contribution in [2.45, 2.75) is 13.8 Å². The highest BCUT2D eigenvalue weighted by Crippen LogP contribution is 2.35. The normalized spacial score (nSPS) is 11.0. The lowest BCUT2D eigenvalue weighted by Gasteiger charge is -2.12. The van der Waals surface area contributed by atoms with Gasteiger partial charge in [-0.1, -0.05) is 41.9 Å². The zero-order valence-corrected chi connectivity index (χ0v) is 16.2. The van der Waals surface area contributed by atoms with Gasteiger partial charge in [0.2, 0.25) is 0 Å². The van der Waals surface area contributed by atoms with Crippen LogP contribution in [0.2, 0.25) is 5.02 Å². The topological polar surface area (TPSA) is 38.6 Å². The first-order valence-electron chi connectivity index (χ1n) is 8.72. The Morgan fingerprint density at radius 2 is 1.81 bits per heavy atom. The van der Waals surface area contributed by atoms with E-state index in [9.17, 15) is 0 Å². The lowest BCUT2D eigenvalue weighted by molar-refractivity contribution is 0.412. The standard InChI is InChI=1S/C22H20ClN3O/c1-14-6-4-5-7-18(14)24-22-21(16-9-8-15(2)19(12-16)27-3)25-20-11-10-17(23)13-26(20)22/h4-13,24H,1-3H3. The van der Waals surface area contributed by atoms with Crippen molar-refractivity contribution >= 4 is 28.8 Å². The predicted octanol–water partition coefficient (Wildman–Crippen LogP) is 6.02. The summed E-state index contributed by atoms with van der Waals surface area (Å²) < 4.78 is 7.48. The van der Waals surface area contributed by atoms with Crippen LogP contribution in [-0.2, 0) is 0 Å². The smallest absolute Gasteiger partial charge is 0.143 e. The van der Waals surface area contributed by atoms with Crippen molar-refractivity contribution in [2.24, 2.45) is 0 Å². The molecule has 5 heteroatoms. The third-order valence-corrected chi connectivity index (χ3v) is 4.89. The molecule has 0 spiro atoms. The molecule has 2 aromatic carbocycles. The van der Waals surface area contributed by atoms with Crippen LogP contribution in [0.4, 0.5) is 11.5 Å². The van der Waals surface area contributed by atoms with Crippen molar-refractivity contribution in [1.29, 1.82) is 0 Å². The summed E-state index contributed by atoms with van der Waals surface area (Å²) in [7, 11) is 1.68. The summed E-state index contributed by atoms with van der Waals surface area (Å²) >= 11 is 6.25. The van der Waals surface area contributed by atoms with Gasteiger partial charge in [-0.25, -0.2) is 4.98 Å². The van der Waals surface area contributed by atoms with Gasteiger partial charge in [-0.2, -0.15) is 0 Å². The van der Waals surface area contributed by atoms with E-state index in [4.69, 9.17) is 21.3 Å². The summed E-state index contributed by atoms with van der Waals surface area (Å²) in [5.41, 5.74) is 5.92. The van der Waals surface area contributed by atoms with Gasteiger partial charge in [0.15, 0.2) is 0 Å². The van der Waals surface area contributed by atoms with Crippen LogP contribution in [0.25, 0.3) is 16.9 Å². The zero-order valence-electron chi connectivity index (χ0n) is 15.5. The van der Waals surface area contributed by atoms with Crippen molar-refractivity contribution < 1.29 is 4.74 Å². The first-order chi connectivity index (χ1) is 13.1. The third kappa shape index (κ3) is 3.24. The maximum atomic E-state index is 6.25. The van der Waals surface area contributed by atoms with E-state index in [0.717, 1.165) is 45.3 Å². The van der Waals surface area contributed by atoms with Crippen molar-refractivity contribution in [3.8, 4) is 17.0 Å². The molecular formula is C22H20ClN3O. The first-order valence-corrected chi connectivity index (χ1v) is 9.10. The fraction of sp³-hybridized carbons (Fsp3) is 0.136. The second-order valence-corrected chi connectivity index (χ2v) is 6.95. The summed E-state index contributed by atoms with van der Waals surface area (Å²) in [6.45, 7) is 4.10. The Morgan fingerprint density at radius 1 is 1.00 bits per heavy atom. The largest absolute Gasteiger partial charge is 0.496 e. The lowest BCUT2D eigenvalue weighted by atomic mass is 10.1. The molecule has 0 aliphatic heterocycles. The number of pyridine rings is 1. The van der Waals surface area contributed by atoms with Gasteiger partial charge in [-0.05, 0) is 49.2 Å². The molecule has 4 aromatic rings. The predicted molar refractivity (Wildman–Crippen MR) is 111 cm³/mol. The molecule has 0 saturated carbocycles. The molecule has 0 radical (unpaired) electrons. The van der Waals surface area contributed by atoms with E-state index < -0.39 is 0 Å². The third-order valence-electron chi connectivity index (χ3n) is 4.66. The Bertz CT molecular complexity index is 1130. The zero-order chi connectivity index (χ0) is 19.0. The Hall–Kier alpha value is -2.98. The average molecular weight is 378 g/mol. The van der Waals surface area contributed by atoms with E-state index in [1.54, 1.807) is 7.11 Å². The molecule has 136 valence electrons. The van der Waals surface area contributed by atoms with Crippen LogP contribution in [0, 0.1) is 13.8 Å². The van der Waals surface area contributed by atoms with Crippen LogP contribution in [0.15, 0.2) is 60.8 Å². The van der Waals surface area contributed by atoms with Crippen LogP contribution >= 0.6 is 11.6 Å². The molecular weight excluding hydrogens is 358 g/mol. The minimum absolute atomic E-state index is 0.653. The Kier molecular flexibility index (Phi) is 4.50. The summed E-state index contributed by atoms with van der Waals surface area (Å²) in [6.07, 6.45) is 1.87. The number of anilines is 2. The molecule has 0 fully saturated rings. The number of methoxy groups -OCH3 is 1. The number of benzene rings is 2. The lowest BCUT2D eigenvalue weighted by Crippen LogP contribution is -1.99. The maximum Gasteiger partial charge on any atom is 0.143 e. The number of imidazole rings is 1. The van der Waals surface area contributed by atoms with E-state index in [0.29, 0.717) is 5.02 Å². The van der Waals surface area contributed by atoms with Crippen LogP contribution in [0.5, 0.6) is 5.75 Å². The van der Waals surface area contributed by atoms with Gasteiger partial charge < -0.3 is 10.1 Å². The Balaban J connectivity index is 1.93. The molecule has 0 amide bonds. The van der Waals surface area contributed by atoms with E-state index in [-0.39, 0.29) is 0 Å². The minimum atomic E-state index is 0.653. The fourth-order valence-corrected chi connectivity index (χ4v) is 3.31. The molecule has 0 atom stereocenters. The number of aromatic nitrogens is 2. The van der Waals surface area contributed by atoms with Gasteiger partial charge in [0, 0.05) is 17.4 Å². The summed E-state index contributed by atoms with van der Waals surface area (Å²) in [5.74, 6) is 1.71. The van der Waals surface area contributed by atoms with Gasteiger partial charge in [0.25, 0.3) is 0 Å². The molecule has 27 heavy (non-hydrogen) atoms. The van der Waals surface area contributed by atoms with Crippen LogP contribution in [0.1, 0.15) is 11.1 Å². The number of nitrogens with one attached hydrogen (secondary N) is 1. The molecule has 4 rings (SSSR count). The van der Waals surface area contributed by atoms with Gasteiger partial charge in [-0.3, -0.25) is 4.40 Å². The molecule has 2 aromatic heterocycles. The second kappa shape index (κ2) is 6.97. The highest BCUT2D eigenvalue weighted by Gasteiger charge is 2.16. The Labute approximate surface area is 163 Å². The van der Waals surface area contributed by atoms with E-state index in [1.807, 2.05) is 53.9 Å². The second-order valence-electron chi connectivity index (χ2n) is 6.51. The van der Waals surface area contributed by atoms with Crippen molar-refractivity contribution in [3.63, 3.8) is 0 Å². The van der Waals surface area contributed by atoms with Crippen LogP contribution < -0.4 is 10.1 Å². The monoisotopic (exact) mass is 377 g/mol. The molecule has 0 bridgehead atoms. The molecule has 1 N–H and O–H groups in total. The summed E-state index contributed by atoms with van der Waals surface area (Å²) in [4.78, 5) is 4.84. The number of para-hydroxylation sites is 1. The number of nitrogens with zero attached hydrogens (tertiary/aromatic N) is 2. The summed E-state index contributed by atoms with van der Waals surface area (Å²) in [6, 6.07) is 18.1. The van der Waals surface area contributed by atoms with Gasteiger partial charge >= 0.3 is 0 Å². The Morgan fingerprint density at radius 3 is 2.59 bits per heavy atom. The number of halogens is 1. The van der Waals surface area contributed by atoms with Crippen molar-refractivity contribution in [1.82, 2.24) is 9.38 Å². The molecule has 2 heterocycles. The SMILES string of the molecule is COc1cc(-c2nc3ccc(Cl)cn3c2Nc2ccccc2C)ccc1C. The fourth-order valence-electron chi connectivity index (χ4n) is 3.15. The van der Waals surface area contributed by atoms with E-state index >= 15 is 0 Å². The molecule has 0 unspecified atom stereocenters. The summed E-state index contributed by atoms with van der Waals surface area (Å²) in [5, 5.41) is 4.20. The number of ether oxygens (including phenoxy) is 1. The highest BCUT2D eigenvalue weighted by molar-refractivity contribution is 6.30. The molecule has 0 aliphatic carbocycles. The number of rotatable bonds is 4. The van der Waals surface area contributed by atoms with E-state index in [2.05, 4.69) is 30.4 Å². The quantitative estimate of drug-likeness (QED) is 0.472. The van der Waals surface area contributed by atoms with Crippen LogP contribution in [-0.4, -0.2) is 16.5 Å². The van der Waals surface area contributed by atoms with Gasteiger partial charge in [0.1, 0.15) is 22.9 Å². The maximum absolute atomic E-state index is 6.25. The highest BCUT2D eigenvalue weighted by atomic mass is 35.5. The average Bonchev–Trinajstić information content (AvgIpc) is 3.02. The number of hydrogen-bond donors (Lipinski definition) is 1. The number of aryl methyl sites for hydroxylation is 2. The van der Waals surface area contributed by atoms with Gasteiger partial charge in [0.05, 0.1) is 12.1 Å². The molecule has 0 saturated heterocycles. The van der Waals surface area contributed by atoms with Crippen molar-refractivity contribution in [2.75, 3.05) is 12.4 Å². The van der Waals surface area contributed by atoms with Gasteiger partial charge in [-0.15, -0.1) is 0 Å². The van der Waals surface area contributed by atoms with Crippen molar-refractivity contribution in [3.05, 3.63) is 76.9 Å². The first kappa shape index (κ1) is 17.4. The number of fused-ring (bicyclic) bond motifs is 1. The minimum Gasteiger partial charge on any atom is -0.496 e. The van der Waals surface area contributed by atoms with Crippen LogP contribution in [0.3, 0.4) is 0 Å². The molecule has 0 aliphatic rings. The number of hydrogen-bond acceptors (Lipinski definition) is 3.